The molecule has 0 atom stereocenters. The monoisotopic (exact) mass is 366 g/mol. The minimum absolute atomic E-state index is 0.0600. The molecule has 27 heavy (non-hydrogen) atoms. The number of carbonyl (C=O) groups is 2. The number of nitrogens with one attached hydrogen (secondary N) is 2. The molecule has 0 spiro atoms. The molecule has 10 heteroatoms. The average molecular weight is 366 g/mol. The summed E-state index contributed by atoms with van der Waals surface area (Å²) >= 11 is 0. The van der Waals surface area contributed by atoms with E-state index in [1.807, 2.05) is 18.2 Å². The van der Waals surface area contributed by atoms with Crippen molar-refractivity contribution >= 4 is 12.4 Å². The van der Waals surface area contributed by atoms with Gasteiger partial charge in [0, 0.05) is 29.7 Å². The van der Waals surface area contributed by atoms with Gasteiger partial charge in [-0.15, -0.1) is 0 Å². The summed E-state index contributed by atoms with van der Waals surface area (Å²) in [4.78, 5) is 24.5. The van der Waals surface area contributed by atoms with Gasteiger partial charge < -0.3 is 15.3 Å². The first-order valence-electron chi connectivity index (χ1n) is 7.62. The Morgan fingerprint density at radius 3 is 2.67 bits per heavy atom. The van der Waals surface area contributed by atoms with Crippen LogP contribution in [0.3, 0.4) is 0 Å². The smallest absolute Gasteiger partial charge is 0.290 e. The molecule has 0 saturated heterocycles. The molecule has 0 saturated carbocycles. The molecule has 4 heterocycles. The zero-order valence-electron chi connectivity index (χ0n) is 13.8. The number of aromatic nitrogens is 5. The lowest BCUT2D eigenvalue weighted by molar-refractivity contribution is -0.122. The topological polar surface area (TPSA) is 164 Å². The highest BCUT2D eigenvalue weighted by Gasteiger charge is 2.23. The van der Waals surface area contributed by atoms with E-state index in [0.29, 0.717) is 33.8 Å². The highest BCUT2D eigenvalue weighted by molar-refractivity contribution is 6.00. The second kappa shape index (κ2) is 7.78. The van der Waals surface area contributed by atoms with Gasteiger partial charge in [0.25, 0.3) is 12.4 Å². The summed E-state index contributed by atoms with van der Waals surface area (Å²) in [7, 11) is 0. The zero-order chi connectivity index (χ0) is 19.2. The maximum atomic E-state index is 11.8. The summed E-state index contributed by atoms with van der Waals surface area (Å²) < 4.78 is 5.64. The number of carbonyl (C=O) groups excluding carboxylic acids is 1. The number of carboxylic acid groups (broad SMARTS) is 1. The predicted octanol–water partition coefficient (Wildman–Crippen LogP) is 1.92. The largest absolute Gasteiger partial charge is 0.483 e. The molecule has 136 valence electrons. The van der Waals surface area contributed by atoms with Crippen LogP contribution in [0.15, 0.2) is 53.5 Å². The average Bonchev–Trinajstić information content (AvgIpc) is 3.41. The van der Waals surface area contributed by atoms with Gasteiger partial charge in [0.15, 0.2) is 5.76 Å². The van der Waals surface area contributed by atoms with Gasteiger partial charge in [-0.25, -0.2) is 0 Å². The van der Waals surface area contributed by atoms with E-state index in [-0.39, 0.29) is 12.2 Å². The second-order valence-corrected chi connectivity index (χ2v) is 5.17. The number of furan rings is 1. The van der Waals surface area contributed by atoms with Gasteiger partial charge in [0.1, 0.15) is 11.5 Å². The molecule has 1 amide bonds. The van der Waals surface area contributed by atoms with Crippen molar-refractivity contribution in [2.75, 3.05) is 0 Å². The standard InChI is InChI=1S/C16H12N6O2.CH2O2/c17-16(23)15-10(5-13(24-15)9-6-19-20-7-9)11-8-21-22-14(11)12-3-1-2-4-18-12;2-1-3/h1-8H,(H2,17,23)(H,19,20)(H,21,22);1H,(H,2,3). The number of hydrogen-bond acceptors (Lipinski definition) is 6. The summed E-state index contributed by atoms with van der Waals surface area (Å²) in [5.41, 5.74) is 8.70. The first-order valence-corrected chi connectivity index (χ1v) is 7.62. The highest BCUT2D eigenvalue weighted by Crippen LogP contribution is 2.36. The Balaban J connectivity index is 0.000000659. The van der Waals surface area contributed by atoms with Gasteiger partial charge in [-0.05, 0) is 18.2 Å². The molecule has 0 bridgehead atoms. The molecular formula is C17H14N6O4. The van der Waals surface area contributed by atoms with E-state index < -0.39 is 5.91 Å². The number of H-pyrrole nitrogens is 2. The molecule has 0 unspecified atom stereocenters. The molecule has 0 radical (unpaired) electrons. The molecule has 4 aromatic heterocycles. The van der Waals surface area contributed by atoms with Gasteiger partial charge in [0.05, 0.1) is 17.5 Å². The number of hydrogen-bond donors (Lipinski definition) is 4. The third kappa shape index (κ3) is 3.58. The lowest BCUT2D eigenvalue weighted by Crippen LogP contribution is -2.10. The summed E-state index contributed by atoms with van der Waals surface area (Å²) in [5.74, 6) is -0.113. The lowest BCUT2D eigenvalue weighted by atomic mass is 10.0. The van der Waals surface area contributed by atoms with Crippen molar-refractivity contribution in [3.8, 4) is 33.8 Å². The van der Waals surface area contributed by atoms with Gasteiger partial charge in [0.2, 0.25) is 0 Å². The number of pyridine rings is 1. The van der Waals surface area contributed by atoms with E-state index in [4.69, 9.17) is 20.1 Å². The molecule has 0 aliphatic rings. The Labute approximate surface area is 152 Å². The Kier molecular flexibility index (Phi) is 5.07. The first-order chi connectivity index (χ1) is 13.2. The van der Waals surface area contributed by atoms with Gasteiger partial charge in [-0.3, -0.25) is 24.8 Å². The number of nitrogens with two attached hydrogens (primary N) is 1. The third-order valence-electron chi connectivity index (χ3n) is 3.58. The van der Waals surface area contributed by atoms with E-state index >= 15 is 0 Å². The van der Waals surface area contributed by atoms with Gasteiger partial charge in [-0.1, -0.05) is 6.07 Å². The van der Waals surface area contributed by atoms with Crippen LogP contribution in [0.1, 0.15) is 10.6 Å². The summed E-state index contributed by atoms with van der Waals surface area (Å²) in [6, 6.07) is 7.25. The van der Waals surface area contributed by atoms with Crippen LogP contribution in [0.25, 0.3) is 33.8 Å². The molecule has 0 fully saturated rings. The summed E-state index contributed by atoms with van der Waals surface area (Å²) in [5, 5.41) is 20.5. The van der Waals surface area contributed by atoms with Crippen LogP contribution in [0.2, 0.25) is 0 Å². The third-order valence-corrected chi connectivity index (χ3v) is 3.58. The van der Waals surface area contributed by atoms with Gasteiger partial charge >= 0.3 is 0 Å². The van der Waals surface area contributed by atoms with Crippen LogP contribution in [0, 0.1) is 0 Å². The van der Waals surface area contributed by atoms with Crippen LogP contribution in [-0.4, -0.2) is 42.9 Å². The Hall–Kier alpha value is -4.21. The number of rotatable bonds is 4. The number of primary amides is 1. The van der Waals surface area contributed by atoms with Crippen molar-refractivity contribution in [2.24, 2.45) is 5.73 Å². The van der Waals surface area contributed by atoms with Crippen molar-refractivity contribution in [2.45, 2.75) is 0 Å². The summed E-state index contributed by atoms with van der Waals surface area (Å²) in [6.07, 6.45) is 6.63. The molecule has 5 N–H and O–H groups in total. The number of nitrogens with zero attached hydrogens (tertiary/aromatic N) is 3. The zero-order valence-corrected chi connectivity index (χ0v) is 13.8. The first kappa shape index (κ1) is 17.6. The van der Waals surface area contributed by atoms with Crippen molar-refractivity contribution in [3.63, 3.8) is 0 Å². The molecule has 4 rings (SSSR count). The van der Waals surface area contributed by atoms with Crippen molar-refractivity contribution in [3.05, 3.63) is 54.8 Å². The van der Waals surface area contributed by atoms with Gasteiger partial charge in [-0.2, -0.15) is 10.2 Å². The van der Waals surface area contributed by atoms with E-state index in [1.54, 1.807) is 30.9 Å². The maximum absolute atomic E-state index is 11.8. The van der Waals surface area contributed by atoms with E-state index in [2.05, 4.69) is 25.4 Å². The Morgan fingerprint density at radius 2 is 2.04 bits per heavy atom. The van der Waals surface area contributed by atoms with Crippen LogP contribution in [0.5, 0.6) is 0 Å². The van der Waals surface area contributed by atoms with Crippen LogP contribution >= 0.6 is 0 Å². The van der Waals surface area contributed by atoms with Crippen LogP contribution in [0.4, 0.5) is 0 Å². The van der Waals surface area contributed by atoms with E-state index in [1.165, 1.54) is 0 Å². The van der Waals surface area contributed by atoms with Crippen LogP contribution < -0.4 is 5.73 Å². The summed E-state index contributed by atoms with van der Waals surface area (Å²) in [6.45, 7) is -0.250. The van der Waals surface area contributed by atoms with E-state index in [0.717, 1.165) is 0 Å². The number of amides is 1. The Bertz CT molecular complexity index is 1040. The normalized spacial score (nSPS) is 10.1. The van der Waals surface area contributed by atoms with E-state index in [9.17, 15) is 4.79 Å². The molecule has 10 nitrogen and oxygen atoms in total. The predicted molar refractivity (Wildman–Crippen MR) is 94.3 cm³/mol. The molecule has 0 aliphatic carbocycles. The van der Waals surface area contributed by atoms with Crippen LogP contribution in [-0.2, 0) is 4.79 Å². The Morgan fingerprint density at radius 1 is 1.22 bits per heavy atom. The fourth-order valence-corrected chi connectivity index (χ4v) is 2.50. The highest BCUT2D eigenvalue weighted by atomic mass is 16.4. The van der Waals surface area contributed by atoms with Crippen molar-refractivity contribution in [1.82, 2.24) is 25.4 Å². The fourth-order valence-electron chi connectivity index (χ4n) is 2.50. The second-order valence-electron chi connectivity index (χ2n) is 5.17. The minimum Gasteiger partial charge on any atom is -0.483 e. The molecular weight excluding hydrogens is 352 g/mol. The fraction of sp³-hybridized carbons (Fsp3) is 0. The molecule has 4 aromatic rings. The quantitative estimate of drug-likeness (QED) is 0.401. The maximum Gasteiger partial charge on any atom is 0.290 e. The van der Waals surface area contributed by atoms with Crippen molar-refractivity contribution < 1.29 is 19.1 Å². The SMILES string of the molecule is NC(=O)c1oc(-c2cn[nH]c2)cc1-c1c[nH]nc1-c1ccccn1.O=CO. The number of aromatic amines is 2. The molecule has 0 aromatic carbocycles. The minimum atomic E-state index is -0.659. The lowest BCUT2D eigenvalue weighted by Gasteiger charge is -2.00. The van der Waals surface area contributed by atoms with Crippen molar-refractivity contribution in [1.29, 1.82) is 0 Å². The molecule has 0 aliphatic heterocycles.